The predicted molar refractivity (Wildman–Crippen MR) is 157 cm³/mol. The van der Waals surface area contributed by atoms with Crippen molar-refractivity contribution in [3.05, 3.63) is 66.2 Å². The van der Waals surface area contributed by atoms with E-state index >= 15 is 0 Å². The van der Waals surface area contributed by atoms with Gasteiger partial charge in [0.15, 0.2) is 17.0 Å². The maximum Gasteiger partial charge on any atom is 0.416 e. The number of nitrogens with one attached hydrogen (secondary N) is 3. The summed E-state index contributed by atoms with van der Waals surface area (Å²) in [7, 11) is 1.75. The Kier molecular flexibility index (Phi) is 8.59. The van der Waals surface area contributed by atoms with Crippen molar-refractivity contribution in [1.29, 1.82) is 0 Å². The van der Waals surface area contributed by atoms with Crippen molar-refractivity contribution in [1.82, 2.24) is 29.3 Å². The van der Waals surface area contributed by atoms with Crippen LogP contribution >= 0.6 is 0 Å². The second-order valence-electron chi connectivity index (χ2n) is 10.5. The monoisotopic (exact) mass is 581 g/mol. The Balaban J connectivity index is 1.21. The highest BCUT2D eigenvalue weighted by Gasteiger charge is 2.34. The molecule has 2 amide bonds. The maximum absolute atomic E-state index is 13.9. The standard InChI is InChI=1S/C29H34F3N9O/c1-19(2)40-14-12-39(13-15-40)11-10-20-4-5-22(16-24(20)29(30,31)32)38-28(42)37-21-6-8-23(9-7-21)41-18-36-25-26(33-3)34-17-35-27(25)41/h4-9,16-19H,10-15H2,1-3H3,(H,33,34,35)(H2,37,38,42). The highest BCUT2D eigenvalue weighted by molar-refractivity contribution is 5.99. The first-order valence-electron chi connectivity index (χ1n) is 13.8. The number of carbonyl (C=O) groups is 1. The number of piperazine rings is 1. The lowest BCUT2D eigenvalue weighted by Gasteiger charge is -2.37. The van der Waals surface area contributed by atoms with Gasteiger partial charge in [-0.1, -0.05) is 6.07 Å². The van der Waals surface area contributed by atoms with Crippen LogP contribution < -0.4 is 16.0 Å². The number of benzene rings is 2. The Bertz CT molecular complexity index is 1530. The number of fused-ring (bicyclic) bond motifs is 1. The second kappa shape index (κ2) is 12.3. The molecule has 5 rings (SSSR count). The number of amides is 2. The first-order valence-corrected chi connectivity index (χ1v) is 13.8. The predicted octanol–water partition coefficient (Wildman–Crippen LogP) is 5.09. The van der Waals surface area contributed by atoms with Gasteiger partial charge in [0.2, 0.25) is 0 Å². The van der Waals surface area contributed by atoms with Crippen LogP contribution in [0.1, 0.15) is 25.0 Å². The zero-order valence-electron chi connectivity index (χ0n) is 23.7. The van der Waals surface area contributed by atoms with E-state index in [1.165, 1.54) is 18.5 Å². The summed E-state index contributed by atoms with van der Waals surface area (Å²) in [5.41, 5.74) is 2.02. The number of hydrogen-bond donors (Lipinski definition) is 3. The number of rotatable bonds is 8. The van der Waals surface area contributed by atoms with E-state index in [9.17, 15) is 18.0 Å². The summed E-state index contributed by atoms with van der Waals surface area (Å²) in [6, 6.07) is 10.7. The van der Waals surface area contributed by atoms with E-state index < -0.39 is 17.8 Å². The summed E-state index contributed by atoms with van der Waals surface area (Å²) in [4.78, 5) is 30.0. The van der Waals surface area contributed by atoms with Crippen molar-refractivity contribution in [3.63, 3.8) is 0 Å². The van der Waals surface area contributed by atoms with Crippen molar-refractivity contribution in [2.45, 2.75) is 32.5 Å². The van der Waals surface area contributed by atoms with Crippen molar-refractivity contribution in [3.8, 4) is 5.69 Å². The van der Waals surface area contributed by atoms with E-state index in [0.29, 0.717) is 35.3 Å². The SMILES string of the molecule is CNc1ncnc2c1ncn2-c1ccc(NC(=O)Nc2ccc(CCN3CCN(C(C)C)CC3)c(C(F)(F)F)c2)cc1. The Hall–Kier alpha value is -4.23. The number of anilines is 3. The van der Waals surface area contributed by atoms with Crippen LogP contribution in [0.25, 0.3) is 16.9 Å². The van der Waals surface area contributed by atoms with Gasteiger partial charge in [0.05, 0.1) is 5.56 Å². The molecule has 3 heterocycles. The molecule has 10 nitrogen and oxygen atoms in total. The molecule has 1 aliphatic heterocycles. The van der Waals surface area contributed by atoms with E-state index in [-0.39, 0.29) is 17.7 Å². The van der Waals surface area contributed by atoms with Gasteiger partial charge in [0.1, 0.15) is 12.7 Å². The van der Waals surface area contributed by atoms with Crippen LogP contribution in [0.2, 0.25) is 0 Å². The van der Waals surface area contributed by atoms with Crippen molar-refractivity contribution in [2.24, 2.45) is 0 Å². The highest BCUT2D eigenvalue weighted by atomic mass is 19.4. The minimum Gasteiger partial charge on any atom is -0.371 e. The van der Waals surface area contributed by atoms with E-state index in [2.05, 4.69) is 54.5 Å². The smallest absolute Gasteiger partial charge is 0.371 e. The molecule has 0 spiro atoms. The van der Waals surface area contributed by atoms with Crippen LogP contribution in [0, 0.1) is 0 Å². The van der Waals surface area contributed by atoms with Crippen molar-refractivity contribution >= 4 is 34.4 Å². The Morgan fingerprint density at radius 2 is 1.64 bits per heavy atom. The number of imidazole rings is 1. The van der Waals surface area contributed by atoms with E-state index in [0.717, 1.165) is 37.9 Å². The van der Waals surface area contributed by atoms with Crippen LogP contribution in [0.15, 0.2) is 55.1 Å². The number of alkyl halides is 3. The van der Waals surface area contributed by atoms with E-state index in [1.807, 2.05) is 0 Å². The lowest BCUT2D eigenvalue weighted by Crippen LogP contribution is -2.49. The van der Waals surface area contributed by atoms with Gasteiger partial charge in [-0.3, -0.25) is 9.47 Å². The summed E-state index contributed by atoms with van der Waals surface area (Å²) in [6.45, 7) is 8.36. The fraction of sp³-hybridized carbons (Fsp3) is 0.379. The Morgan fingerprint density at radius 1 is 0.952 bits per heavy atom. The number of halogens is 3. The van der Waals surface area contributed by atoms with Crippen LogP contribution in [-0.2, 0) is 12.6 Å². The van der Waals surface area contributed by atoms with Crippen LogP contribution in [0.5, 0.6) is 0 Å². The first kappa shape index (κ1) is 29.3. The highest BCUT2D eigenvalue weighted by Crippen LogP contribution is 2.34. The molecule has 0 aliphatic carbocycles. The van der Waals surface area contributed by atoms with Gasteiger partial charge in [0.25, 0.3) is 0 Å². The minimum absolute atomic E-state index is 0.0654. The summed E-state index contributed by atoms with van der Waals surface area (Å²) in [6.07, 6.45) is -1.18. The molecule has 1 saturated heterocycles. The lowest BCUT2D eigenvalue weighted by molar-refractivity contribution is -0.138. The molecule has 1 aliphatic rings. The van der Waals surface area contributed by atoms with Crippen molar-refractivity contribution < 1.29 is 18.0 Å². The first-order chi connectivity index (χ1) is 20.1. The number of hydrogen-bond acceptors (Lipinski definition) is 7. The molecule has 222 valence electrons. The molecule has 4 aromatic rings. The average Bonchev–Trinajstić information content (AvgIpc) is 3.41. The topological polar surface area (TPSA) is 103 Å². The van der Waals surface area contributed by atoms with Gasteiger partial charge in [-0.05, 0) is 62.2 Å². The zero-order chi connectivity index (χ0) is 29.9. The summed E-state index contributed by atoms with van der Waals surface area (Å²) < 4.78 is 43.6. The molecular weight excluding hydrogens is 547 g/mol. The van der Waals surface area contributed by atoms with Gasteiger partial charge in [-0.2, -0.15) is 13.2 Å². The molecule has 2 aromatic carbocycles. The van der Waals surface area contributed by atoms with Crippen LogP contribution in [0.3, 0.4) is 0 Å². The van der Waals surface area contributed by atoms with Gasteiger partial charge >= 0.3 is 12.2 Å². The molecule has 0 radical (unpaired) electrons. The molecule has 42 heavy (non-hydrogen) atoms. The molecule has 2 aromatic heterocycles. The van der Waals surface area contributed by atoms with Gasteiger partial charge < -0.3 is 20.9 Å². The third kappa shape index (κ3) is 6.63. The normalized spacial score (nSPS) is 14.8. The van der Waals surface area contributed by atoms with E-state index in [1.54, 1.807) is 42.2 Å². The fourth-order valence-electron chi connectivity index (χ4n) is 5.12. The summed E-state index contributed by atoms with van der Waals surface area (Å²) >= 11 is 0. The Labute approximate surface area is 242 Å². The molecule has 0 saturated carbocycles. The number of aromatic nitrogens is 4. The Morgan fingerprint density at radius 3 is 2.31 bits per heavy atom. The van der Waals surface area contributed by atoms with Crippen LogP contribution in [-0.4, -0.2) is 81.2 Å². The summed E-state index contributed by atoms with van der Waals surface area (Å²) in [5, 5.41) is 8.17. The second-order valence-corrected chi connectivity index (χ2v) is 10.5. The average molecular weight is 582 g/mol. The third-order valence-corrected chi connectivity index (χ3v) is 7.48. The van der Waals surface area contributed by atoms with Gasteiger partial charge in [0, 0.05) is 62.9 Å². The van der Waals surface area contributed by atoms with Crippen LogP contribution in [0.4, 0.5) is 35.2 Å². The van der Waals surface area contributed by atoms with Gasteiger partial charge in [-0.15, -0.1) is 0 Å². The minimum atomic E-state index is -4.54. The molecular formula is C29H34F3N9O. The number of carbonyl (C=O) groups excluding carboxylic acids is 1. The molecule has 13 heteroatoms. The zero-order valence-corrected chi connectivity index (χ0v) is 23.7. The van der Waals surface area contributed by atoms with Gasteiger partial charge in [-0.25, -0.2) is 19.7 Å². The molecule has 0 bridgehead atoms. The summed E-state index contributed by atoms with van der Waals surface area (Å²) in [5.74, 6) is 0.607. The largest absolute Gasteiger partial charge is 0.416 e. The molecule has 0 unspecified atom stereocenters. The number of urea groups is 1. The third-order valence-electron chi connectivity index (χ3n) is 7.48. The fourth-order valence-corrected chi connectivity index (χ4v) is 5.12. The van der Waals surface area contributed by atoms with E-state index in [4.69, 9.17) is 0 Å². The number of nitrogens with zero attached hydrogens (tertiary/aromatic N) is 6. The molecule has 1 fully saturated rings. The molecule has 0 atom stereocenters. The lowest BCUT2D eigenvalue weighted by atomic mass is 10.0. The quantitative estimate of drug-likeness (QED) is 0.266. The molecule has 3 N–H and O–H groups in total. The van der Waals surface area contributed by atoms with Crippen molar-refractivity contribution in [2.75, 3.05) is 55.7 Å². The maximum atomic E-state index is 13.9.